The molecule has 0 nitrogen and oxygen atoms in total. The van der Waals surface area contributed by atoms with E-state index >= 15 is 0 Å². The van der Waals surface area contributed by atoms with Gasteiger partial charge in [0.15, 0.2) is 0 Å². The molecule has 2 rings (SSSR count). The molecule has 0 fully saturated rings. The van der Waals surface area contributed by atoms with E-state index in [-0.39, 0.29) is 5.41 Å². The van der Waals surface area contributed by atoms with Gasteiger partial charge in [-0.3, -0.25) is 0 Å². The molecule has 2 aromatic carbocycles. The first-order chi connectivity index (χ1) is 18.3. The van der Waals surface area contributed by atoms with Crippen LogP contribution in [0.2, 0.25) is 0 Å². The Morgan fingerprint density at radius 1 is 0.410 bits per heavy atom. The summed E-state index contributed by atoms with van der Waals surface area (Å²) in [6, 6.07) is 10.5. The Bertz CT molecular complexity index is 908. The van der Waals surface area contributed by atoms with Crippen molar-refractivity contribution in [2.24, 2.45) is 0 Å². The molecule has 0 amide bonds. The third-order valence-electron chi connectivity index (χ3n) is 10.6. The quantitative estimate of drug-likeness (QED) is 0.227. The molecule has 0 heterocycles. The molecule has 0 N–H and O–H groups in total. The summed E-state index contributed by atoms with van der Waals surface area (Å²) in [4.78, 5) is 0. The summed E-state index contributed by atoms with van der Waals surface area (Å²) in [5, 5.41) is 0. The van der Waals surface area contributed by atoms with Crippen LogP contribution < -0.4 is 0 Å². The van der Waals surface area contributed by atoms with E-state index in [1.165, 1.54) is 38.5 Å². The van der Waals surface area contributed by atoms with Gasteiger partial charge in [0.05, 0.1) is 0 Å². The lowest BCUT2D eigenvalue weighted by molar-refractivity contribution is 0.555. The van der Waals surface area contributed by atoms with Gasteiger partial charge in [-0.1, -0.05) is 121 Å². The molecule has 0 heteroatoms. The number of hydrogen-bond acceptors (Lipinski definition) is 0. The van der Waals surface area contributed by atoms with Crippen molar-refractivity contribution >= 4 is 0 Å². The third-order valence-corrected chi connectivity index (χ3v) is 10.6. The van der Waals surface area contributed by atoms with Gasteiger partial charge in [-0.25, -0.2) is 0 Å². The minimum atomic E-state index is -0.0724. The van der Waals surface area contributed by atoms with E-state index in [1.807, 2.05) is 0 Å². The summed E-state index contributed by atoms with van der Waals surface area (Å²) in [6.07, 6.45) is 7.09. The van der Waals surface area contributed by atoms with Crippen LogP contribution in [0.25, 0.3) is 0 Å². The van der Waals surface area contributed by atoms with Crippen molar-refractivity contribution in [2.75, 3.05) is 0 Å². The molecule has 0 radical (unpaired) electrons. The lowest BCUT2D eigenvalue weighted by Crippen LogP contribution is -2.29. The Balaban J connectivity index is 3.15. The Morgan fingerprint density at radius 3 is 0.795 bits per heavy atom. The minimum absolute atomic E-state index is 0.0724. The highest BCUT2D eigenvalue weighted by molar-refractivity contribution is 5.57. The van der Waals surface area contributed by atoms with Crippen LogP contribution in [0.15, 0.2) is 24.3 Å². The summed E-state index contributed by atoms with van der Waals surface area (Å²) in [5.74, 6) is 3.37. The zero-order chi connectivity index (χ0) is 29.7. The summed E-state index contributed by atoms with van der Waals surface area (Å²) >= 11 is 0. The van der Waals surface area contributed by atoms with E-state index in [4.69, 9.17) is 0 Å². The van der Waals surface area contributed by atoms with E-state index in [0.717, 1.165) is 0 Å². The average Bonchev–Trinajstić information content (AvgIpc) is 2.96. The molecular formula is C39H64. The van der Waals surface area contributed by atoms with Crippen LogP contribution in [0, 0.1) is 0 Å². The number of rotatable bonds is 14. The maximum absolute atomic E-state index is 2.62. The van der Waals surface area contributed by atoms with Gasteiger partial charge in [0.2, 0.25) is 0 Å². The molecular weight excluding hydrogens is 468 g/mol. The van der Waals surface area contributed by atoms with Gasteiger partial charge >= 0.3 is 0 Å². The molecule has 0 saturated heterocycles. The van der Waals surface area contributed by atoms with Crippen LogP contribution in [-0.2, 0) is 5.41 Å². The summed E-state index contributed by atoms with van der Waals surface area (Å²) in [6.45, 7) is 34.0. The van der Waals surface area contributed by atoms with Crippen molar-refractivity contribution in [3.8, 4) is 0 Å². The van der Waals surface area contributed by atoms with E-state index in [0.29, 0.717) is 35.5 Å². The average molecular weight is 533 g/mol. The Hall–Kier alpha value is -1.56. The van der Waals surface area contributed by atoms with Gasteiger partial charge in [0.25, 0.3) is 0 Å². The number of benzene rings is 2. The van der Waals surface area contributed by atoms with Crippen LogP contribution in [0.4, 0.5) is 0 Å². The summed E-state index contributed by atoms with van der Waals surface area (Å²) < 4.78 is 0. The third kappa shape index (κ3) is 7.02. The van der Waals surface area contributed by atoms with E-state index in [2.05, 4.69) is 121 Å². The van der Waals surface area contributed by atoms with Crippen LogP contribution in [-0.4, -0.2) is 0 Å². The highest BCUT2D eigenvalue weighted by Crippen LogP contribution is 2.49. The second-order valence-corrected chi connectivity index (χ2v) is 13.6. The standard InChI is InChI=1S/C39H64/c1-15-25(7)31-21-33(27(9)17-3)37(34(22-31)28(10)18-4)39(13,14)38-35(29(11)19-5)23-32(26(8)16-2)24-36(38)30(12)20-6/h21-30H,15-20H2,1-14H3. The van der Waals surface area contributed by atoms with Crippen LogP contribution >= 0.6 is 0 Å². The Labute approximate surface area is 244 Å². The monoisotopic (exact) mass is 533 g/mol. The highest BCUT2D eigenvalue weighted by atomic mass is 14.4. The predicted octanol–water partition coefficient (Wildman–Crippen LogP) is 13.1. The van der Waals surface area contributed by atoms with Crippen molar-refractivity contribution in [3.63, 3.8) is 0 Å². The predicted molar refractivity (Wildman–Crippen MR) is 177 cm³/mol. The SMILES string of the molecule is CCC(C)c1cc(C(C)CC)c(C(C)(C)c2c(C(C)CC)cc(C(C)CC)cc2C(C)CC)c(C(C)CC)c1. The van der Waals surface area contributed by atoms with Crippen LogP contribution in [0.5, 0.6) is 0 Å². The van der Waals surface area contributed by atoms with Gasteiger partial charge in [-0.2, -0.15) is 0 Å². The molecule has 0 aliphatic carbocycles. The van der Waals surface area contributed by atoms with Crippen molar-refractivity contribution in [1.82, 2.24) is 0 Å². The zero-order valence-corrected chi connectivity index (χ0v) is 28.5. The molecule has 39 heavy (non-hydrogen) atoms. The van der Waals surface area contributed by atoms with Crippen molar-refractivity contribution in [3.05, 3.63) is 68.8 Å². The smallest absolute Gasteiger partial charge is 0.0157 e. The lowest BCUT2D eigenvalue weighted by Gasteiger charge is -2.40. The van der Waals surface area contributed by atoms with Gasteiger partial charge in [-0.15, -0.1) is 0 Å². The number of hydrogen-bond donors (Lipinski definition) is 0. The van der Waals surface area contributed by atoms with Gasteiger partial charge in [-0.05, 0) is 119 Å². The minimum Gasteiger partial charge on any atom is -0.0648 e. The fourth-order valence-corrected chi connectivity index (χ4v) is 6.47. The second-order valence-electron chi connectivity index (χ2n) is 13.6. The topological polar surface area (TPSA) is 0 Å². The molecule has 6 atom stereocenters. The molecule has 0 saturated carbocycles. The maximum Gasteiger partial charge on any atom is 0.0157 e. The molecule has 6 unspecified atom stereocenters. The molecule has 0 bridgehead atoms. The zero-order valence-electron chi connectivity index (χ0n) is 28.5. The van der Waals surface area contributed by atoms with Crippen LogP contribution in [0.1, 0.15) is 215 Å². The molecule has 0 aliphatic rings. The molecule has 220 valence electrons. The Kier molecular flexibility index (Phi) is 12.4. The Morgan fingerprint density at radius 2 is 0.615 bits per heavy atom. The molecule has 2 aromatic rings. The van der Waals surface area contributed by atoms with Gasteiger partial charge in [0.1, 0.15) is 0 Å². The van der Waals surface area contributed by atoms with Crippen molar-refractivity contribution in [1.29, 1.82) is 0 Å². The van der Waals surface area contributed by atoms with Gasteiger partial charge < -0.3 is 0 Å². The largest absolute Gasteiger partial charge is 0.0648 e. The summed E-state index contributed by atoms with van der Waals surface area (Å²) in [5.41, 5.74) is 12.7. The van der Waals surface area contributed by atoms with Crippen molar-refractivity contribution in [2.45, 2.75) is 176 Å². The van der Waals surface area contributed by atoms with Crippen LogP contribution in [0.3, 0.4) is 0 Å². The summed E-state index contributed by atoms with van der Waals surface area (Å²) in [7, 11) is 0. The first kappa shape index (κ1) is 33.6. The lowest BCUT2D eigenvalue weighted by atomic mass is 9.64. The van der Waals surface area contributed by atoms with E-state index in [1.54, 1.807) is 44.5 Å². The first-order valence-corrected chi connectivity index (χ1v) is 16.7. The van der Waals surface area contributed by atoms with Gasteiger partial charge in [0, 0.05) is 5.41 Å². The molecule has 0 spiro atoms. The second kappa shape index (κ2) is 14.4. The van der Waals surface area contributed by atoms with Crippen molar-refractivity contribution < 1.29 is 0 Å². The molecule has 0 aliphatic heterocycles. The fraction of sp³-hybridized carbons (Fsp3) is 0.692. The normalized spacial score (nSPS) is 17.0. The van der Waals surface area contributed by atoms with E-state index < -0.39 is 0 Å². The molecule has 0 aromatic heterocycles. The highest BCUT2D eigenvalue weighted by Gasteiger charge is 2.37. The first-order valence-electron chi connectivity index (χ1n) is 16.7. The van der Waals surface area contributed by atoms with E-state index in [9.17, 15) is 0 Å². The fourth-order valence-electron chi connectivity index (χ4n) is 6.47. The maximum atomic E-state index is 2.62.